The first-order chi connectivity index (χ1) is 8.70. The molecule has 18 heavy (non-hydrogen) atoms. The van der Waals surface area contributed by atoms with Crippen molar-refractivity contribution in [3.8, 4) is 5.75 Å². The maximum atomic E-state index is 6.29. The third-order valence-corrected chi connectivity index (χ3v) is 3.85. The van der Waals surface area contributed by atoms with E-state index in [1.807, 2.05) is 18.3 Å². The van der Waals surface area contributed by atoms with Crippen LogP contribution in [0.25, 0.3) is 11.6 Å². The number of rotatable bonds is 2. The highest BCUT2D eigenvalue weighted by molar-refractivity contribution is 6.43. The van der Waals surface area contributed by atoms with Crippen LogP contribution in [-0.4, -0.2) is 17.3 Å². The second-order valence-electron chi connectivity index (χ2n) is 4.09. The summed E-state index contributed by atoms with van der Waals surface area (Å²) in [5.74, 6) is 0.730. The van der Waals surface area contributed by atoms with Gasteiger partial charge in [-0.2, -0.15) is 5.10 Å². The molecular weight excluding hydrogens is 271 g/mol. The Kier molecular flexibility index (Phi) is 2.80. The third-order valence-electron chi connectivity index (χ3n) is 3.05. The number of hydrogen-bond acceptors (Lipinski definition) is 2. The van der Waals surface area contributed by atoms with Gasteiger partial charge in [-0.05, 0) is 23.8 Å². The van der Waals surface area contributed by atoms with Crippen LogP contribution in [0.1, 0.15) is 16.8 Å². The molecule has 0 saturated carbocycles. The Balaban J connectivity index is 2.13. The number of fused-ring (bicyclic) bond motifs is 1. The number of hydrogen-bond donors (Lipinski definition) is 1. The first-order valence-corrected chi connectivity index (χ1v) is 6.21. The van der Waals surface area contributed by atoms with E-state index in [9.17, 15) is 0 Å². The molecule has 5 heteroatoms. The molecule has 0 unspecified atom stereocenters. The lowest BCUT2D eigenvalue weighted by atomic mass is 10.0. The van der Waals surface area contributed by atoms with Crippen molar-refractivity contribution in [2.24, 2.45) is 0 Å². The van der Waals surface area contributed by atoms with Crippen molar-refractivity contribution in [2.75, 3.05) is 7.11 Å². The zero-order chi connectivity index (χ0) is 12.7. The molecule has 0 radical (unpaired) electrons. The minimum atomic E-state index is 0.528. The van der Waals surface area contributed by atoms with Crippen molar-refractivity contribution in [2.45, 2.75) is 6.42 Å². The predicted octanol–water partition coefficient (Wildman–Crippen LogP) is 3.82. The molecular formula is C13H10Cl2N2O. The molecule has 1 aromatic carbocycles. The maximum Gasteiger partial charge on any atom is 0.127 e. The highest BCUT2D eigenvalue weighted by Crippen LogP contribution is 2.42. The van der Waals surface area contributed by atoms with E-state index in [-0.39, 0.29) is 0 Å². The van der Waals surface area contributed by atoms with Gasteiger partial charge in [-0.1, -0.05) is 23.2 Å². The highest BCUT2D eigenvalue weighted by Gasteiger charge is 2.21. The Morgan fingerprint density at radius 1 is 1.33 bits per heavy atom. The summed E-state index contributed by atoms with van der Waals surface area (Å²) in [5, 5.41) is 8.00. The number of halogens is 2. The normalized spacial score (nSPS) is 13.4. The molecule has 0 aliphatic heterocycles. The van der Waals surface area contributed by atoms with Gasteiger partial charge in [0.1, 0.15) is 5.75 Å². The minimum Gasteiger partial charge on any atom is -0.496 e. The lowest BCUT2D eigenvalue weighted by molar-refractivity contribution is 0.413. The number of aromatic amines is 1. The van der Waals surface area contributed by atoms with E-state index in [2.05, 4.69) is 10.2 Å². The summed E-state index contributed by atoms with van der Waals surface area (Å²) >= 11 is 12.4. The van der Waals surface area contributed by atoms with E-state index in [0.29, 0.717) is 10.0 Å². The van der Waals surface area contributed by atoms with E-state index in [0.717, 1.165) is 34.6 Å². The Morgan fingerprint density at radius 3 is 2.89 bits per heavy atom. The standard InChI is InChI=1S/C13H10Cl2N2O/c1-18-11-3-2-9(14)13(15)12(11)7-4-8-6-16-17-10(8)5-7/h2-3,5-6H,4H2,1H3,(H,16,17). The number of aromatic nitrogens is 2. The summed E-state index contributed by atoms with van der Waals surface area (Å²) in [4.78, 5) is 0. The van der Waals surface area contributed by atoms with Crippen LogP contribution in [0, 0.1) is 0 Å². The molecule has 92 valence electrons. The van der Waals surface area contributed by atoms with Gasteiger partial charge in [0.05, 0.1) is 29.0 Å². The van der Waals surface area contributed by atoms with Crippen LogP contribution >= 0.6 is 23.2 Å². The second-order valence-corrected chi connectivity index (χ2v) is 4.88. The largest absolute Gasteiger partial charge is 0.496 e. The van der Waals surface area contributed by atoms with E-state index in [1.165, 1.54) is 0 Å². The predicted molar refractivity (Wildman–Crippen MR) is 73.2 cm³/mol. The topological polar surface area (TPSA) is 37.9 Å². The Hall–Kier alpha value is -1.45. The smallest absolute Gasteiger partial charge is 0.127 e. The number of H-pyrrole nitrogens is 1. The fourth-order valence-electron chi connectivity index (χ4n) is 2.18. The van der Waals surface area contributed by atoms with Gasteiger partial charge in [-0.3, -0.25) is 5.10 Å². The molecule has 2 aromatic rings. The minimum absolute atomic E-state index is 0.528. The van der Waals surface area contributed by atoms with Gasteiger partial charge >= 0.3 is 0 Å². The molecule has 0 amide bonds. The van der Waals surface area contributed by atoms with Crippen LogP contribution in [-0.2, 0) is 6.42 Å². The molecule has 0 saturated heterocycles. The summed E-state index contributed by atoms with van der Waals surface area (Å²) in [7, 11) is 1.62. The fourth-order valence-corrected chi connectivity index (χ4v) is 2.62. The number of nitrogens with one attached hydrogen (secondary N) is 1. The average Bonchev–Trinajstić information content (AvgIpc) is 2.92. The van der Waals surface area contributed by atoms with Crippen molar-refractivity contribution in [1.82, 2.24) is 10.2 Å². The number of nitrogens with zero attached hydrogens (tertiary/aromatic N) is 1. The molecule has 1 heterocycles. The highest BCUT2D eigenvalue weighted by atomic mass is 35.5. The molecule has 0 atom stereocenters. The summed E-state index contributed by atoms with van der Waals surface area (Å²) in [6.45, 7) is 0. The molecule has 1 N–H and O–H groups in total. The van der Waals surface area contributed by atoms with Crippen LogP contribution in [0.5, 0.6) is 5.75 Å². The zero-order valence-corrected chi connectivity index (χ0v) is 11.1. The van der Waals surface area contributed by atoms with Gasteiger partial charge in [-0.15, -0.1) is 0 Å². The molecule has 3 rings (SSSR count). The molecule has 1 aliphatic carbocycles. The van der Waals surface area contributed by atoms with Crippen molar-refractivity contribution in [1.29, 1.82) is 0 Å². The Morgan fingerprint density at radius 2 is 2.17 bits per heavy atom. The van der Waals surface area contributed by atoms with Crippen molar-refractivity contribution >= 4 is 34.9 Å². The molecule has 0 fully saturated rings. The van der Waals surface area contributed by atoms with Gasteiger partial charge in [-0.25, -0.2) is 0 Å². The first-order valence-electron chi connectivity index (χ1n) is 5.46. The van der Waals surface area contributed by atoms with E-state index < -0.39 is 0 Å². The van der Waals surface area contributed by atoms with Crippen molar-refractivity contribution in [3.05, 3.63) is 45.2 Å². The number of benzene rings is 1. The van der Waals surface area contributed by atoms with Crippen molar-refractivity contribution < 1.29 is 4.74 Å². The Bertz CT molecular complexity index is 646. The lowest BCUT2D eigenvalue weighted by Gasteiger charge is -2.12. The summed E-state index contributed by atoms with van der Waals surface area (Å²) in [6, 6.07) is 3.57. The quantitative estimate of drug-likeness (QED) is 0.908. The van der Waals surface area contributed by atoms with E-state index >= 15 is 0 Å². The zero-order valence-electron chi connectivity index (χ0n) is 9.63. The molecule has 1 aliphatic rings. The van der Waals surface area contributed by atoms with Gasteiger partial charge in [0.15, 0.2) is 0 Å². The number of ether oxygens (including phenoxy) is 1. The van der Waals surface area contributed by atoms with Crippen LogP contribution < -0.4 is 4.74 Å². The van der Waals surface area contributed by atoms with Crippen molar-refractivity contribution in [3.63, 3.8) is 0 Å². The van der Waals surface area contributed by atoms with Crippen LogP contribution in [0.3, 0.4) is 0 Å². The van der Waals surface area contributed by atoms with Gasteiger partial charge in [0, 0.05) is 17.5 Å². The fraction of sp³-hybridized carbons (Fsp3) is 0.154. The van der Waals surface area contributed by atoms with Crippen LogP contribution in [0.4, 0.5) is 0 Å². The Labute approximate surface area is 114 Å². The van der Waals surface area contributed by atoms with E-state index in [1.54, 1.807) is 13.2 Å². The summed E-state index contributed by atoms with van der Waals surface area (Å²) < 4.78 is 5.36. The van der Waals surface area contributed by atoms with Gasteiger partial charge in [0.25, 0.3) is 0 Å². The van der Waals surface area contributed by atoms with Crippen LogP contribution in [0.2, 0.25) is 10.0 Å². The monoisotopic (exact) mass is 280 g/mol. The SMILES string of the molecule is COc1ccc(Cl)c(Cl)c1C1=Cc2[nH]ncc2C1. The van der Waals surface area contributed by atoms with E-state index in [4.69, 9.17) is 27.9 Å². The molecule has 1 aromatic heterocycles. The molecule has 0 bridgehead atoms. The maximum absolute atomic E-state index is 6.29. The summed E-state index contributed by atoms with van der Waals surface area (Å²) in [6.07, 6.45) is 4.63. The number of allylic oxidation sites excluding steroid dienone is 1. The molecule has 0 spiro atoms. The van der Waals surface area contributed by atoms with Gasteiger partial charge in [0.2, 0.25) is 0 Å². The number of methoxy groups -OCH3 is 1. The third kappa shape index (κ3) is 1.71. The second kappa shape index (κ2) is 4.34. The lowest BCUT2D eigenvalue weighted by Crippen LogP contribution is -1.94. The molecule has 3 nitrogen and oxygen atoms in total. The first kappa shape index (κ1) is 11.6. The average molecular weight is 281 g/mol. The van der Waals surface area contributed by atoms with Crippen LogP contribution in [0.15, 0.2) is 18.3 Å². The summed E-state index contributed by atoms with van der Waals surface area (Å²) in [5.41, 5.74) is 4.12. The van der Waals surface area contributed by atoms with Gasteiger partial charge < -0.3 is 4.74 Å².